The van der Waals surface area contributed by atoms with Crippen LogP contribution in [0.25, 0.3) is 0 Å². The monoisotopic (exact) mass is 179 g/mol. The molecule has 0 unspecified atom stereocenters. The largest absolute Gasteiger partial charge is 0.392 e. The highest BCUT2D eigenvalue weighted by Gasteiger charge is 2.04. The first-order chi connectivity index (χ1) is 6.20. The van der Waals surface area contributed by atoms with Gasteiger partial charge < -0.3 is 10.4 Å². The van der Waals surface area contributed by atoms with Gasteiger partial charge in [-0.1, -0.05) is 18.2 Å². The zero-order chi connectivity index (χ0) is 9.68. The number of aliphatic hydroxyl groups excluding tert-OH is 1. The molecule has 0 spiro atoms. The van der Waals surface area contributed by atoms with Gasteiger partial charge in [0.1, 0.15) is 0 Å². The van der Waals surface area contributed by atoms with E-state index in [0.717, 1.165) is 0 Å². The normalized spacial score (nSPS) is 12.2. The van der Waals surface area contributed by atoms with Crippen molar-refractivity contribution < 1.29 is 9.90 Å². The molecule has 0 saturated heterocycles. The summed E-state index contributed by atoms with van der Waals surface area (Å²) < 4.78 is 0. The first kappa shape index (κ1) is 9.74. The van der Waals surface area contributed by atoms with Gasteiger partial charge in [-0.15, -0.1) is 0 Å². The second-order valence-electron chi connectivity index (χ2n) is 2.93. The molecule has 0 fully saturated rings. The second-order valence-corrected chi connectivity index (χ2v) is 2.93. The predicted molar refractivity (Wildman–Crippen MR) is 50.5 cm³/mol. The molecule has 3 heteroatoms. The van der Waals surface area contributed by atoms with Crippen LogP contribution in [0.4, 0.5) is 0 Å². The Labute approximate surface area is 77.4 Å². The minimum Gasteiger partial charge on any atom is -0.392 e. The van der Waals surface area contributed by atoms with Crippen LogP contribution in [-0.4, -0.2) is 23.7 Å². The molecule has 0 heterocycles. The van der Waals surface area contributed by atoms with Crippen molar-refractivity contribution in [2.24, 2.45) is 0 Å². The number of hydrogen-bond donors (Lipinski definition) is 2. The van der Waals surface area contributed by atoms with E-state index < -0.39 is 6.10 Å². The van der Waals surface area contributed by atoms with Crippen LogP contribution in [-0.2, 0) is 0 Å². The van der Waals surface area contributed by atoms with Crippen molar-refractivity contribution in [3.63, 3.8) is 0 Å². The van der Waals surface area contributed by atoms with Gasteiger partial charge in [0.25, 0.3) is 5.91 Å². The van der Waals surface area contributed by atoms with Crippen LogP contribution in [0.1, 0.15) is 17.3 Å². The Morgan fingerprint density at radius 1 is 1.46 bits per heavy atom. The Kier molecular flexibility index (Phi) is 3.46. The van der Waals surface area contributed by atoms with Crippen LogP contribution in [0.15, 0.2) is 30.3 Å². The zero-order valence-corrected chi connectivity index (χ0v) is 7.53. The third-order valence-electron chi connectivity index (χ3n) is 1.59. The molecule has 0 aliphatic carbocycles. The molecule has 2 N–H and O–H groups in total. The Morgan fingerprint density at radius 2 is 2.08 bits per heavy atom. The third-order valence-corrected chi connectivity index (χ3v) is 1.59. The van der Waals surface area contributed by atoms with Crippen LogP contribution >= 0.6 is 0 Å². The number of nitrogens with one attached hydrogen (secondary N) is 1. The van der Waals surface area contributed by atoms with Crippen LogP contribution in [0.3, 0.4) is 0 Å². The van der Waals surface area contributed by atoms with Crippen LogP contribution in [0.2, 0.25) is 0 Å². The molecule has 13 heavy (non-hydrogen) atoms. The standard InChI is InChI=1S/C10H13NO2/c1-8(12)7-11-10(13)9-5-3-2-4-6-9/h2-6,8,12H,7H2,1H3,(H,11,13)/t8-/m0/s1. The molecule has 0 bridgehead atoms. The van der Waals surface area contributed by atoms with E-state index in [0.29, 0.717) is 5.56 Å². The quantitative estimate of drug-likeness (QED) is 0.721. The molecule has 1 rings (SSSR count). The Bertz CT molecular complexity index is 270. The summed E-state index contributed by atoms with van der Waals surface area (Å²) >= 11 is 0. The average molecular weight is 179 g/mol. The van der Waals surface area contributed by atoms with Crippen LogP contribution < -0.4 is 5.32 Å². The maximum absolute atomic E-state index is 11.3. The molecule has 1 aromatic rings. The SMILES string of the molecule is C[C@H](O)CNC(=O)c1ccccc1. The summed E-state index contributed by atoms with van der Waals surface area (Å²) in [5.41, 5.74) is 0.614. The number of rotatable bonds is 3. The van der Waals surface area contributed by atoms with Crippen molar-refractivity contribution in [1.82, 2.24) is 5.32 Å². The summed E-state index contributed by atoms with van der Waals surface area (Å²) in [6, 6.07) is 8.93. The van der Waals surface area contributed by atoms with Crippen molar-refractivity contribution in [3.8, 4) is 0 Å². The lowest BCUT2D eigenvalue weighted by molar-refractivity contribution is 0.0924. The first-order valence-corrected chi connectivity index (χ1v) is 4.21. The number of carbonyl (C=O) groups is 1. The molecule has 70 valence electrons. The molecule has 1 atom stereocenters. The molecular weight excluding hydrogens is 166 g/mol. The number of hydrogen-bond acceptors (Lipinski definition) is 2. The minimum absolute atomic E-state index is 0.151. The van der Waals surface area contributed by atoms with Crippen LogP contribution in [0, 0.1) is 0 Å². The van der Waals surface area contributed by atoms with E-state index in [1.165, 1.54) is 0 Å². The van der Waals surface area contributed by atoms with Crippen molar-refractivity contribution in [1.29, 1.82) is 0 Å². The number of carbonyl (C=O) groups excluding carboxylic acids is 1. The molecular formula is C10H13NO2. The van der Waals surface area contributed by atoms with Gasteiger partial charge in [0.05, 0.1) is 6.10 Å². The van der Waals surface area contributed by atoms with Gasteiger partial charge in [-0.2, -0.15) is 0 Å². The van der Waals surface area contributed by atoms with Gasteiger partial charge in [-0.3, -0.25) is 4.79 Å². The first-order valence-electron chi connectivity index (χ1n) is 4.21. The summed E-state index contributed by atoms with van der Waals surface area (Å²) in [5, 5.41) is 11.5. The Hall–Kier alpha value is -1.35. The molecule has 0 radical (unpaired) electrons. The van der Waals surface area contributed by atoms with Gasteiger partial charge in [0.15, 0.2) is 0 Å². The summed E-state index contributed by atoms with van der Waals surface area (Å²) in [5.74, 6) is -0.151. The number of benzene rings is 1. The van der Waals surface area contributed by atoms with E-state index in [1.54, 1.807) is 31.2 Å². The Morgan fingerprint density at radius 3 is 2.62 bits per heavy atom. The van der Waals surface area contributed by atoms with Crippen molar-refractivity contribution in [2.75, 3.05) is 6.54 Å². The summed E-state index contributed by atoms with van der Waals surface area (Å²) in [6.45, 7) is 1.92. The molecule has 3 nitrogen and oxygen atoms in total. The number of aliphatic hydroxyl groups is 1. The molecule has 1 aromatic carbocycles. The zero-order valence-electron chi connectivity index (χ0n) is 7.53. The maximum Gasteiger partial charge on any atom is 0.251 e. The lowest BCUT2D eigenvalue weighted by Gasteiger charge is -2.06. The van der Waals surface area contributed by atoms with E-state index in [-0.39, 0.29) is 12.5 Å². The molecule has 0 aliphatic rings. The van der Waals surface area contributed by atoms with E-state index >= 15 is 0 Å². The Balaban J connectivity index is 2.50. The van der Waals surface area contributed by atoms with Crippen molar-refractivity contribution in [3.05, 3.63) is 35.9 Å². The fourth-order valence-electron chi connectivity index (χ4n) is 0.932. The highest BCUT2D eigenvalue weighted by molar-refractivity contribution is 5.94. The van der Waals surface area contributed by atoms with Gasteiger partial charge in [-0.25, -0.2) is 0 Å². The fraction of sp³-hybridized carbons (Fsp3) is 0.300. The topological polar surface area (TPSA) is 49.3 Å². The van der Waals surface area contributed by atoms with Gasteiger partial charge in [-0.05, 0) is 19.1 Å². The van der Waals surface area contributed by atoms with Gasteiger partial charge >= 0.3 is 0 Å². The van der Waals surface area contributed by atoms with E-state index in [9.17, 15) is 4.79 Å². The summed E-state index contributed by atoms with van der Waals surface area (Å²) in [6.07, 6.45) is -0.507. The highest BCUT2D eigenvalue weighted by atomic mass is 16.3. The number of amides is 1. The van der Waals surface area contributed by atoms with Crippen molar-refractivity contribution in [2.45, 2.75) is 13.0 Å². The lowest BCUT2D eigenvalue weighted by Crippen LogP contribution is -2.30. The van der Waals surface area contributed by atoms with E-state index in [4.69, 9.17) is 5.11 Å². The highest BCUT2D eigenvalue weighted by Crippen LogP contribution is 1.97. The van der Waals surface area contributed by atoms with Gasteiger partial charge in [0.2, 0.25) is 0 Å². The maximum atomic E-state index is 11.3. The predicted octanol–water partition coefficient (Wildman–Crippen LogP) is 0.797. The summed E-state index contributed by atoms with van der Waals surface area (Å²) in [7, 11) is 0. The summed E-state index contributed by atoms with van der Waals surface area (Å²) in [4.78, 5) is 11.3. The van der Waals surface area contributed by atoms with Gasteiger partial charge in [0, 0.05) is 12.1 Å². The average Bonchev–Trinajstić information content (AvgIpc) is 2.15. The minimum atomic E-state index is -0.507. The smallest absolute Gasteiger partial charge is 0.251 e. The van der Waals surface area contributed by atoms with Crippen molar-refractivity contribution >= 4 is 5.91 Å². The van der Waals surface area contributed by atoms with E-state index in [1.807, 2.05) is 6.07 Å². The van der Waals surface area contributed by atoms with Crippen LogP contribution in [0.5, 0.6) is 0 Å². The lowest BCUT2D eigenvalue weighted by atomic mass is 10.2. The third kappa shape index (κ3) is 3.25. The van der Waals surface area contributed by atoms with E-state index in [2.05, 4.69) is 5.32 Å². The molecule has 1 amide bonds. The molecule has 0 aromatic heterocycles. The fourth-order valence-corrected chi connectivity index (χ4v) is 0.932. The molecule has 0 saturated carbocycles. The molecule has 0 aliphatic heterocycles. The second kappa shape index (κ2) is 4.62.